The second-order valence-corrected chi connectivity index (χ2v) is 4.85. The molecule has 0 aliphatic rings. The summed E-state index contributed by atoms with van der Waals surface area (Å²) >= 11 is 0. The topological polar surface area (TPSA) is 100 Å². The second kappa shape index (κ2) is 8.25. The Morgan fingerprint density at radius 1 is 1.17 bits per heavy atom. The minimum Gasteiger partial charge on any atom is -0.494 e. The number of carbonyl (C=O) groups is 1. The van der Waals surface area contributed by atoms with Crippen molar-refractivity contribution in [2.24, 2.45) is 0 Å². The Hall–Kier alpha value is -3.46. The van der Waals surface area contributed by atoms with Crippen molar-refractivity contribution in [2.75, 3.05) is 23.0 Å². The summed E-state index contributed by atoms with van der Waals surface area (Å²) in [5.41, 5.74) is 7.51. The van der Waals surface area contributed by atoms with E-state index in [9.17, 15) is 4.79 Å². The Balaban J connectivity index is 2.01. The molecule has 2 aromatic carbocycles. The number of amides is 1. The summed E-state index contributed by atoms with van der Waals surface area (Å²) in [5, 5.41) is 14.7. The molecular formula is C18H18N4O2. The number of anilines is 3. The second-order valence-electron chi connectivity index (χ2n) is 4.85. The summed E-state index contributed by atoms with van der Waals surface area (Å²) in [5.74, 6) is 0.223. The van der Waals surface area contributed by atoms with Gasteiger partial charge < -0.3 is 21.1 Å². The van der Waals surface area contributed by atoms with Gasteiger partial charge >= 0.3 is 0 Å². The third kappa shape index (κ3) is 4.78. The molecule has 0 bridgehead atoms. The van der Waals surface area contributed by atoms with Crippen LogP contribution in [0.4, 0.5) is 17.1 Å². The highest BCUT2D eigenvalue weighted by Gasteiger charge is 2.09. The van der Waals surface area contributed by atoms with E-state index >= 15 is 0 Å². The molecule has 0 radical (unpaired) electrons. The van der Waals surface area contributed by atoms with Gasteiger partial charge in [0.15, 0.2) is 0 Å². The number of rotatable bonds is 6. The first-order chi connectivity index (χ1) is 11.6. The summed E-state index contributed by atoms with van der Waals surface area (Å²) in [6.45, 7) is 2.47. The lowest BCUT2D eigenvalue weighted by molar-refractivity contribution is -0.112. The number of hydrogen-bond acceptors (Lipinski definition) is 5. The van der Waals surface area contributed by atoms with Crippen molar-refractivity contribution >= 4 is 23.0 Å². The Kier molecular flexibility index (Phi) is 5.81. The molecule has 122 valence electrons. The zero-order valence-corrected chi connectivity index (χ0v) is 13.2. The highest BCUT2D eigenvalue weighted by Crippen LogP contribution is 2.16. The number of nitrogen functional groups attached to an aromatic ring is 1. The molecule has 0 saturated carbocycles. The Labute approximate surface area is 140 Å². The van der Waals surface area contributed by atoms with E-state index in [0.717, 1.165) is 11.4 Å². The zero-order chi connectivity index (χ0) is 17.4. The predicted molar refractivity (Wildman–Crippen MR) is 94.4 cm³/mol. The summed E-state index contributed by atoms with van der Waals surface area (Å²) < 4.78 is 5.34. The number of nitrogens with one attached hydrogen (secondary N) is 2. The number of ether oxygens (including phenoxy) is 1. The van der Waals surface area contributed by atoms with Crippen LogP contribution in [-0.4, -0.2) is 12.5 Å². The number of nitrogens with two attached hydrogens (primary N) is 1. The Morgan fingerprint density at radius 3 is 2.38 bits per heavy atom. The molecule has 0 aliphatic heterocycles. The van der Waals surface area contributed by atoms with E-state index in [4.69, 9.17) is 15.7 Å². The predicted octanol–water partition coefficient (Wildman–Crippen LogP) is 3.13. The fraction of sp³-hybridized carbons (Fsp3) is 0.111. The van der Waals surface area contributed by atoms with Crippen LogP contribution in [0.15, 0.2) is 60.3 Å². The number of benzene rings is 2. The lowest BCUT2D eigenvalue weighted by atomic mass is 10.2. The first-order valence-corrected chi connectivity index (χ1v) is 7.39. The van der Waals surface area contributed by atoms with Crippen LogP contribution < -0.4 is 21.1 Å². The first kappa shape index (κ1) is 16.9. The lowest BCUT2D eigenvalue weighted by Crippen LogP contribution is -2.14. The summed E-state index contributed by atoms with van der Waals surface area (Å²) in [6.07, 6.45) is 1.36. The quantitative estimate of drug-likeness (QED) is 0.431. The van der Waals surface area contributed by atoms with E-state index in [2.05, 4.69) is 10.6 Å². The number of carbonyl (C=O) groups excluding carboxylic acids is 1. The van der Waals surface area contributed by atoms with Crippen LogP contribution in [0, 0.1) is 11.3 Å². The lowest BCUT2D eigenvalue weighted by Gasteiger charge is -2.07. The molecule has 0 aliphatic carbocycles. The average Bonchev–Trinajstić information content (AvgIpc) is 2.59. The molecule has 0 heterocycles. The summed E-state index contributed by atoms with van der Waals surface area (Å²) in [6, 6.07) is 15.8. The molecular weight excluding hydrogens is 304 g/mol. The van der Waals surface area contributed by atoms with Gasteiger partial charge in [-0.1, -0.05) is 0 Å². The molecule has 2 aromatic rings. The fourth-order valence-electron chi connectivity index (χ4n) is 1.88. The van der Waals surface area contributed by atoms with E-state index in [1.807, 2.05) is 13.0 Å². The highest BCUT2D eigenvalue weighted by molar-refractivity contribution is 6.06. The van der Waals surface area contributed by atoms with Gasteiger partial charge in [-0.15, -0.1) is 0 Å². The van der Waals surface area contributed by atoms with Gasteiger partial charge in [0.25, 0.3) is 5.91 Å². The van der Waals surface area contributed by atoms with Gasteiger partial charge in [0.2, 0.25) is 0 Å². The molecule has 24 heavy (non-hydrogen) atoms. The third-order valence-corrected chi connectivity index (χ3v) is 3.08. The van der Waals surface area contributed by atoms with Gasteiger partial charge in [0.05, 0.1) is 6.61 Å². The van der Waals surface area contributed by atoms with Crippen LogP contribution >= 0.6 is 0 Å². The molecule has 0 aromatic heterocycles. The van der Waals surface area contributed by atoms with Crippen molar-refractivity contribution in [3.63, 3.8) is 0 Å². The van der Waals surface area contributed by atoms with Crippen LogP contribution in [0.1, 0.15) is 6.92 Å². The van der Waals surface area contributed by atoms with Gasteiger partial charge in [-0.2, -0.15) is 5.26 Å². The Morgan fingerprint density at radius 2 is 1.79 bits per heavy atom. The van der Waals surface area contributed by atoms with Gasteiger partial charge in [-0.25, -0.2) is 0 Å². The van der Waals surface area contributed by atoms with Crippen LogP contribution in [0.3, 0.4) is 0 Å². The maximum atomic E-state index is 12.1. The van der Waals surface area contributed by atoms with Crippen molar-refractivity contribution in [3.8, 4) is 11.8 Å². The molecule has 0 atom stereocenters. The molecule has 0 saturated heterocycles. The van der Waals surface area contributed by atoms with Gasteiger partial charge in [0.1, 0.15) is 17.4 Å². The molecule has 0 spiro atoms. The van der Waals surface area contributed by atoms with Crippen molar-refractivity contribution in [3.05, 3.63) is 60.3 Å². The molecule has 4 N–H and O–H groups in total. The van der Waals surface area contributed by atoms with E-state index in [-0.39, 0.29) is 5.57 Å². The summed E-state index contributed by atoms with van der Waals surface area (Å²) in [4.78, 5) is 12.1. The Bertz CT molecular complexity index is 759. The number of hydrogen-bond donors (Lipinski definition) is 3. The van der Waals surface area contributed by atoms with Crippen molar-refractivity contribution in [1.82, 2.24) is 0 Å². The van der Waals surface area contributed by atoms with Crippen molar-refractivity contribution < 1.29 is 9.53 Å². The van der Waals surface area contributed by atoms with E-state index in [0.29, 0.717) is 18.0 Å². The van der Waals surface area contributed by atoms with Gasteiger partial charge in [-0.05, 0) is 55.5 Å². The smallest absolute Gasteiger partial charge is 0.267 e. The molecule has 0 unspecified atom stereocenters. The highest BCUT2D eigenvalue weighted by atomic mass is 16.5. The normalized spacial score (nSPS) is 10.6. The SMILES string of the molecule is CCOc1ccc(NC(=O)/C(C#N)=C\Nc2ccc(N)cc2)cc1. The standard InChI is InChI=1S/C18H18N4O2/c1-2-24-17-9-7-16(8-10-17)22-18(23)13(11-19)12-21-15-5-3-14(20)4-6-15/h3-10,12,21H,2,20H2,1H3,(H,22,23)/b13-12-. The molecule has 6 nitrogen and oxygen atoms in total. The molecule has 1 amide bonds. The van der Waals surface area contributed by atoms with Gasteiger partial charge in [-0.3, -0.25) is 4.79 Å². The van der Waals surface area contributed by atoms with Crippen LogP contribution in [-0.2, 0) is 4.79 Å². The molecule has 6 heteroatoms. The number of nitrogens with zero attached hydrogens (tertiary/aromatic N) is 1. The van der Waals surface area contributed by atoms with E-state index in [1.54, 1.807) is 48.5 Å². The maximum absolute atomic E-state index is 12.1. The molecule has 2 rings (SSSR count). The van der Waals surface area contributed by atoms with Crippen LogP contribution in [0.25, 0.3) is 0 Å². The van der Waals surface area contributed by atoms with Crippen LogP contribution in [0.2, 0.25) is 0 Å². The van der Waals surface area contributed by atoms with Crippen LogP contribution in [0.5, 0.6) is 5.75 Å². The van der Waals surface area contributed by atoms with Gasteiger partial charge in [0, 0.05) is 23.3 Å². The first-order valence-electron chi connectivity index (χ1n) is 7.39. The number of nitriles is 1. The minimum atomic E-state index is -0.496. The van der Waals surface area contributed by atoms with Crippen molar-refractivity contribution in [1.29, 1.82) is 5.26 Å². The fourth-order valence-corrected chi connectivity index (χ4v) is 1.88. The minimum absolute atomic E-state index is 0.0410. The monoisotopic (exact) mass is 322 g/mol. The maximum Gasteiger partial charge on any atom is 0.267 e. The largest absolute Gasteiger partial charge is 0.494 e. The average molecular weight is 322 g/mol. The third-order valence-electron chi connectivity index (χ3n) is 3.08. The summed E-state index contributed by atoms with van der Waals surface area (Å²) in [7, 11) is 0. The van der Waals surface area contributed by atoms with Crippen molar-refractivity contribution in [2.45, 2.75) is 6.92 Å². The molecule has 0 fully saturated rings. The van der Waals surface area contributed by atoms with E-state index < -0.39 is 5.91 Å². The van der Waals surface area contributed by atoms with E-state index in [1.165, 1.54) is 6.20 Å². The zero-order valence-electron chi connectivity index (χ0n) is 13.2.